The van der Waals surface area contributed by atoms with Gasteiger partial charge in [-0.3, -0.25) is 9.59 Å². The summed E-state index contributed by atoms with van der Waals surface area (Å²) in [4.78, 5) is 24.1. The number of aliphatic hydroxyl groups is 1. The highest BCUT2D eigenvalue weighted by Gasteiger charge is 2.65. The van der Waals surface area contributed by atoms with Gasteiger partial charge in [-0.05, 0) is 137 Å². The zero-order valence-electron chi connectivity index (χ0n) is 27.1. The lowest BCUT2D eigenvalue weighted by molar-refractivity contribution is -0.152. The quantitative estimate of drug-likeness (QED) is 0.364. The van der Waals surface area contributed by atoms with E-state index in [-0.39, 0.29) is 41.4 Å². The first-order valence-corrected chi connectivity index (χ1v) is 16.7. The van der Waals surface area contributed by atoms with E-state index in [9.17, 15) is 19.8 Å². The van der Waals surface area contributed by atoms with Crippen molar-refractivity contribution in [1.82, 2.24) is 0 Å². The van der Waals surface area contributed by atoms with Crippen molar-refractivity contribution in [3.05, 3.63) is 41.5 Å². The van der Waals surface area contributed by atoms with E-state index in [4.69, 9.17) is 9.31 Å². The van der Waals surface area contributed by atoms with E-state index in [0.29, 0.717) is 42.9 Å². The number of carbonyl (C=O) groups is 2. The molecule has 4 aliphatic carbocycles. The molecule has 6 nitrogen and oxygen atoms in total. The van der Waals surface area contributed by atoms with Gasteiger partial charge in [0.1, 0.15) is 0 Å². The third-order valence-corrected chi connectivity index (χ3v) is 13.5. The van der Waals surface area contributed by atoms with Gasteiger partial charge in [-0.1, -0.05) is 43.7 Å². The molecule has 0 radical (unpaired) electrons. The van der Waals surface area contributed by atoms with E-state index in [2.05, 4.69) is 65.8 Å². The second-order valence-electron chi connectivity index (χ2n) is 16.1. The fraction of sp³-hybridized carbons (Fsp3) is 0.722. The Labute approximate surface area is 258 Å². The molecule has 1 aromatic carbocycles. The van der Waals surface area contributed by atoms with E-state index < -0.39 is 11.6 Å². The molecule has 5 aliphatic rings. The van der Waals surface area contributed by atoms with Crippen molar-refractivity contribution in [2.24, 2.45) is 34.5 Å². The van der Waals surface area contributed by atoms with Gasteiger partial charge in [0.15, 0.2) is 5.78 Å². The van der Waals surface area contributed by atoms with Crippen LogP contribution in [0.4, 0.5) is 0 Å². The predicted octanol–water partition coefficient (Wildman–Crippen LogP) is 6.27. The lowest BCUT2D eigenvalue weighted by Crippen LogP contribution is -2.57. The Morgan fingerprint density at radius 1 is 0.953 bits per heavy atom. The van der Waals surface area contributed by atoms with Crippen molar-refractivity contribution in [3.63, 3.8) is 0 Å². The van der Waals surface area contributed by atoms with Crippen LogP contribution in [0.1, 0.15) is 111 Å². The molecule has 1 heterocycles. The molecule has 234 valence electrons. The minimum Gasteiger partial charge on any atom is -0.481 e. The number of rotatable bonds is 7. The molecule has 7 heteroatoms. The molecule has 1 saturated heterocycles. The summed E-state index contributed by atoms with van der Waals surface area (Å²) >= 11 is 0. The van der Waals surface area contributed by atoms with Gasteiger partial charge in [0, 0.05) is 12.8 Å². The number of aryl methyl sites for hydroxylation is 1. The Hall–Kier alpha value is -1.96. The maximum atomic E-state index is 12.6. The zero-order valence-corrected chi connectivity index (χ0v) is 27.1. The van der Waals surface area contributed by atoms with Crippen molar-refractivity contribution >= 4 is 24.3 Å². The van der Waals surface area contributed by atoms with Gasteiger partial charge < -0.3 is 19.5 Å². The minimum atomic E-state index is -0.922. The van der Waals surface area contributed by atoms with Crippen molar-refractivity contribution in [3.8, 4) is 0 Å². The summed E-state index contributed by atoms with van der Waals surface area (Å²) in [5.41, 5.74) is 1.80. The number of hydrogen-bond acceptors (Lipinski definition) is 5. The van der Waals surface area contributed by atoms with Crippen LogP contribution in [0.5, 0.6) is 0 Å². The normalized spacial score (nSPS) is 39.6. The predicted molar refractivity (Wildman–Crippen MR) is 168 cm³/mol. The average Bonchev–Trinajstić information content (AvgIpc) is 3.34. The third-order valence-electron chi connectivity index (χ3n) is 13.5. The average molecular weight is 591 g/mol. The fourth-order valence-electron chi connectivity index (χ4n) is 10.0. The number of aliphatic carboxylic acids is 1. The largest absolute Gasteiger partial charge is 0.494 e. The monoisotopic (exact) mass is 590 g/mol. The van der Waals surface area contributed by atoms with Crippen LogP contribution in [0.3, 0.4) is 0 Å². The van der Waals surface area contributed by atoms with Gasteiger partial charge >= 0.3 is 13.1 Å². The number of benzene rings is 1. The molecule has 0 aromatic heterocycles. The first-order valence-electron chi connectivity index (χ1n) is 16.7. The number of carboxylic acids is 1. The standard InChI is InChI=1S/C36H51BO6/c1-32(2)33(3,4)43-37(42-32)26-11-8-23(9-12-26)7-10-24-21-25-22-27(38)13-17-34(25,5)28-14-18-35(6)29(31(24)28)15-19-36(35,41)20-16-30(39)40/h8-9,11-12,22,24,28-29,31,41H,7,10,13-21H2,1-6H3,(H,39,40)/t24-,28+,29+,31-,34+,35+,36+/m1/s1. The van der Waals surface area contributed by atoms with Gasteiger partial charge in [0.05, 0.1) is 16.8 Å². The summed E-state index contributed by atoms with van der Waals surface area (Å²) < 4.78 is 12.5. The summed E-state index contributed by atoms with van der Waals surface area (Å²) in [6, 6.07) is 8.69. The maximum absolute atomic E-state index is 12.6. The van der Waals surface area contributed by atoms with Crippen LogP contribution in [0.15, 0.2) is 35.9 Å². The van der Waals surface area contributed by atoms with Gasteiger partial charge in [-0.2, -0.15) is 0 Å². The lowest BCUT2D eigenvalue weighted by atomic mass is 9.43. The number of carboxylic acid groups (broad SMARTS) is 1. The SMILES string of the molecule is CC1(C)OB(c2ccc(CC[C@@H]3CC4=CC(=O)CC[C@]4(C)[C@H]4CC[C@@]5(C)[C@@H](CC[C@]5(O)CCC(=O)O)[C@H]34)cc2)OC1(C)C. The molecule has 6 rings (SSSR count). The summed E-state index contributed by atoms with van der Waals surface area (Å²) in [7, 11) is -0.367. The Morgan fingerprint density at radius 3 is 2.26 bits per heavy atom. The Morgan fingerprint density at radius 2 is 1.60 bits per heavy atom. The van der Waals surface area contributed by atoms with Gasteiger partial charge in [-0.25, -0.2) is 0 Å². The molecule has 4 fully saturated rings. The van der Waals surface area contributed by atoms with Gasteiger partial charge in [0.2, 0.25) is 0 Å². The van der Waals surface area contributed by atoms with E-state index in [1.807, 2.05) is 6.08 Å². The van der Waals surface area contributed by atoms with Crippen molar-refractivity contribution in [2.75, 3.05) is 0 Å². The van der Waals surface area contributed by atoms with E-state index in [1.54, 1.807) is 0 Å². The van der Waals surface area contributed by atoms with Gasteiger partial charge in [0.25, 0.3) is 0 Å². The molecule has 43 heavy (non-hydrogen) atoms. The highest BCUT2D eigenvalue weighted by molar-refractivity contribution is 6.62. The van der Waals surface area contributed by atoms with Gasteiger partial charge in [-0.15, -0.1) is 0 Å². The van der Waals surface area contributed by atoms with Crippen molar-refractivity contribution in [2.45, 2.75) is 129 Å². The number of allylic oxidation sites excluding steroid dienone is 1. The van der Waals surface area contributed by atoms with Crippen LogP contribution in [-0.4, -0.2) is 45.9 Å². The molecule has 0 bridgehead atoms. The first-order chi connectivity index (χ1) is 20.1. The molecule has 1 aromatic rings. The van der Waals surface area contributed by atoms with E-state index >= 15 is 0 Å². The Balaban J connectivity index is 1.24. The zero-order chi connectivity index (χ0) is 31.0. The van der Waals surface area contributed by atoms with Crippen molar-refractivity contribution in [1.29, 1.82) is 0 Å². The molecule has 0 spiro atoms. The summed E-state index contributed by atoms with van der Waals surface area (Å²) in [6.45, 7) is 13.0. The van der Waals surface area contributed by atoms with Crippen LogP contribution < -0.4 is 5.46 Å². The fourth-order valence-corrected chi connectivity index (χ4v) is 10.0. The topological polar surface area (TPSA) is 93.1 Å². The smallest absolute Gasteiger partial charge is 0.481 e. The van der Waals surface area contributed by atoms with Crippen LogP contribution in [0.2, 0.25) is 0 Å². The molecular weight excluding hydrogens is 539 g/mol. The van der Waals surface area contributed by atoms with Crippen LogP contribution in [0.25, 0.3) is 0 Å². The van der Waals surface area contributed by atoms with E-state index in [0.717, 1.165) is 50.4 Å². The highest BCUT2D eigenvalue weighted by atomic mass is 16.7. The molecule has 3 saturated carbocycles. The Kier molecular flexibility index (Phi) is 7.62. The molecule has 0 amide bonds. The summed E-state index contributed by atoms with van der Waals surface area (Å²) in [6.07, 6.45) is 10.5. The van der Waals surface area contributed by atoms with Crippen LogP contribution >= 0.6 is 0 Å². The number of carbonyl (C=O) groups excluding carboxylic acids is 1. The number of fused-ring (bicyclic) bond motifs is 5. The molecular formula is C36H51BO6. The number of hydrogen-bond donors (Lipinski definition) is 2. The molecule has 7 atom stereocenters. The minimum absolute atomic E-state index is 0.0188. The third kappa shape index (κ3) is 5.06. The molecule has 0 unspecified atom stereocenters. The molecule has 1 aliphatic heterocycles. The lowest BCUT2D eigenvalue weighted by Gasteiger charge is -2.61. The maximum Gasteiger partial charge on any atom is 0.494 e. The second kappa shape index (κ2) is 10.6. The second-order valence-corrected chi connectivity index (χ2v) is 16.1. The highest BCUT2D eigenvalue weighted by Crippen LogP contribution is 2.69. The molecule has 2 N–H and O–H groups in total. The number of ketones is 1. The van der Waals surface area contributed by atoms with Crippen LogP contribution in [-0.2, 0) is 25.3 Å². The Bertz CT molecular complexity index is 1290. The summed E-state index contributed by atoms with van der Waals surface area (Å²) in [5.74, 6) is 1.21. The van der Waals surface area contributed by atoms with E-state index in [1.165, 1.54) is 11.1 Å². The summed E-state index contributed by atoms with van der Waals surface area (Å²) in [5, 5.41) is 21.4. The van der Waals surface area contributed by atoms with Crippen molar-refractivity contribution < 1.29 is 29.1 Å². The first kappa shape index (κ1) is 31.0. The van der Waals surface area contributed by atoms with Crippen LogP contribution in [0, 0.1) is 34.5 Å².